The molecule has 0 saturated heterocycles. The van der Waals surface area contributed by atoms with Gasteiger partial charge in [-0.25, -0.2) is 0 Å². The summed E-state index contributed by atoms with van der Waals surface area (Å²) in [7, 11) is 0. The lowest BCUT2D eigenvalue weighted by molar-refractivity contribution is 0.0967. The highest BCUT2D eigenvalue weighted by molar-refractivity contribution is 6.18. The second kappa shape index (κ2) is 4.35. The van der Waals surface area contributed by atoms with Crippen molar-refractivity contribution < 1.29 is 19.8 Å². The van der Waals surface area contributed by atoms with Gasteiger partial charge in [-0.05, 0) is 46.4 Å². The van der Waals surface area contributed by atoms with E-state index in [0.29, 0.717) is 24.0 Å². The maximum absolute atomic E-state index is 12.6. The van der Waals surface area contributed by atoms with Crippen LogP contribution < -0.4 is 0 Å². The third-order valence-corrected chi connectivity index (χ3v) is 5.45. The summed E-state index contributed by atoms with van der Waals surface area (Å²) in [5, 5.41) is 20.3. The third kappa shape index (κ3) is 1.48. The maximum Gasteiger partial charge on any atom is 0.168 e. The first-order chi connectivity index (χ1) is 11.6. The molecule has 0 bridgehead atoms. The number of allylic oxidation sites excluding steroid dienone is 2. The molecule has 2 N–H and O–H groups in total. The molecular weight excluding hydrogens is 304 g/mol. The second-order valence-corrected chi connectivity index (χ2v) is 6.62. The number of ketones is 2. The van der Waals surface area contributed by atoms with E-state index in [9.17, 15) is 19.8 Å². The number of phenols is 2. The number of phenolic OH excluding ortho intramolecular Hbond substituents is 2. The van der Waals surface area contributed by atoms with Crippen LogP contribution in [-0.4, -0.2) is 21.8 Å². The van der Waals surface area contributed by atoms with Crippen LogP contribution in [0.2, 0.25) is 0 Å². The number of aromatic hydroxyl groups is 2. The van der Waals surface area contributed by atoms with Gasteiger partial charge >= 0.3 is 0 Å². The van der Waals surface area contributed by atoms with Crippen molar-refractivity contribution in [3.63, 3.8) is 0 Å². The smallest absolute Gasteiger partial charge is 0.168 e. The molecule has 118 valence electrons. The Bertz CT molecular complexity index is 997. The van der Waals surface area contributed by atoms with Crippen molar-refractivity contribution in [2.45, 2.75) is 25.2 Å². The Balaban J connectivity index is 1.89. The summed E-state index contributed by atoms with van der Waals surface area (Å²) in [4.78, 5) is 24.9. The molecular formula is C20H14O4. The van der Waals surface area contributed by atoms with E-state index in [-0.39, 0.29) is 35.4 Å². The number of rotatable bonds is 0. The zero-order chi connectivity index (χ0) is 16.6. The summed E-state index contributed by atoms with van der Waals surface area (Å²) in [5.74, 6) is -0.200. The quantitative estimate of drug-likeness (QED) is 0.777. The summed E-state index contributed by atoms with van der Waals surface area (Å²) in [5.41, 5.74) is 5.38. The minimum atomic E-state index is -0.0953. The topological polar surface area (TPSA) is 74.6 Å². The van der Waals surface area contributed by atoms with E-state index < -0.39 is 0 Å². The number of carbonyl (C=O) groups is 2. The molecule has 0 spiro atoms. The molecule has 24 heavy (non-hydrogen) atoms. The molecule has 3 aliphatic carbocycles. The summed E-state index contributed by atoms with van der Waals surface area (Å²) in [6.07, 6.45) is 1.25. The van der Waals surface area contributed by atoms with Crippen LogP contribution in [0.25, 0.3) is 11.1 Å². The molecule has 0 heterocycles. The molecule has 4 nitrogen and oxygen atoms in total. The van der Waals surface area contributed by atoms with Gasteiger partial charge < -0.3 is 10.2 Å². The Morgan fingerprint density at radius 1 is 0.833 bits per heavy atom. The lowest BCUT2D eigenvalue weighted by atomic mass is 9.77. The highest BCUT2D eigenvalue weighted by atomic mass is 16.3. The first-order valence-corrected chi connectivity index (χ1v) is 8.06. The van der Waals surface area contributed by atoms with E-state index in [1.54, 1.807) is 12.1 Å². The molecule has 0 aliphatic heterocycles. The Kier molecular flexibility index (Phi) is 2.46. The molecule has 1 atom stereocenters. The van der Waals surface area contributed by atoms with Crippen molar-refractivity contribution in [3.05, 3.63) is 58.1 Å². The van der Waals surface area contributed by atoms with Crippen molar-refractivity contribution in [1.29, 1.82) is 0 Å². The second-order valence-electron chi connectivity index (χ2n) is 6.62. The molecule has 5 rings (SSSR count). The maximum atomic E-state index is 12.6. The first-order valence-electron chi connectivity index (χ1n) is 8.06. The molecule has 0 saturated carbocycles. The van der Waals surface area contributed by atoms with Gasteiger partial charge in [0.25, 0.3) is 0 Å². The van der Waals surface area contributed by atoms with Crippen molar-refractivity contribution in [1.82, 2.24) is 0 Å². The molecule has 2 aromatic carbocycles. The monoisotopic (exact) mass is 318 g/mol. The predicted molar refractivity (Wildman–Crippen MR) is 88.3 cm³/mol. The fourth-order valence-corrected chi connectivity index (χ4v) is 4.54. The molecule has 0 amide bonds. The van der Waals surface area contributed by atoms with E-state index in [1.165, 1.54) is 6.07 Å². The number of Topliss-reactive ketones (excluding diaryl/α,β-unsaturated/α-hetero) is 2. The minimum Gasteiger partial charge on any atom is -0.507 e. The minimum absolute atomic E-state index is 0.00922. The Morgan fingerprint density at radius 3 is 2.46 bits per heavy atom. The lowest BCUT2D eigenvalue weighted by Crippen LogP contribution is -2.16. The summed E-state index contributed by atoms with van der Waals surface area (Å²) in [6.45, 7) is 0. The first kappa shape index (κ1) is 13.5. The predicted octanol–water partition coefficient (Wildman–Crippen LogP) is 3.67. The van der Waals surface area contributed by atoms with Crippen LogP contribution in [-0.2, 0) is 0 Å². The van der Waals surface area contributed by atoms with E-state index in [0.717, 1.165) is 27.8 Å². The molecule has 0 aromatic heterocycles. The van der Waals surface area contributed by atoms with Gasteiger partial charge in [-0.15, -0.1) is 0 Å². The molecule has 1 unspecified atom stereocenters. The van der Waals surface area contributed by atoms with Gasteiger partial charge in [0.1, 0.15) is 11.5 Å². The molecule has 3 aliphatic rings. The Hall–Kier alpha value is -2.88. The van der Waals surface area contributed by atoms with Gasteiger partial charge in [-0.1, -0.05) is 18.2 Å². The van der Waals surface area contributed by atoms with E-state index in [1.807, 2.05) is 12.1 Å². The van der Waals surface area contributed by atoms with Crippen molar-refractivity contribution in [3.8, 4) is 11.5 Å². The van der Waals surface area contributed by atoms with Gasteiger partial charge in [0.2, 0.25) is 0 Å². The normalized spacial score (nSPS) is 20.8. The highest BCUT2D eigenvalue weighted by Gasteiger charge is 2.43. The standard InChI is InChI=1S/C20H14O4/c21-13-3-1-2-10-17-11-5-7-15(23)20-14(22)6-4-9(18(11)20)12(17)8-16(24)19(10)13/h1-4,6,12,21-22H,5,7-8H2. The van der Waals surface area contributed by atoms with Crippen LogP contribution in [0.5, 0.6) is 11.5 Å². The average molecular weight is 318 g/mol. The van der Waals surface area contributed by atoms with E-state index in [4.69, 9.17) is 0 Å². The Labute approximate surface area is 138 Å². The third-order valence-electron chi connectivity index (χ3n) is 5.45. The largest absolute Gasteiger partial charge is 0.507 e. The molecule has 0 fully saturated rings. The number of hydrogen-bond donors (Lipinski definition) is 2. The van der Waals surface area contributed by atoms with Gasteiger partial charge in [0, 0.05) is 18.8 Å². The SMILES string of the molecule is O=C1CC2C(=C3CCC(=O)c4c(O)ccc2c43)c2cccc(O)c21. The average Bonchev–Trinajstić information content (AvgIpc) is 2.87. The van der Waals surface area contributed by atoms with Crippen molar-refractivity contribution in [2.75, 3.05) is 0 Å². The number of hydrogen-bond acceptors (Lipinski definition) is 4. The Morgan fingerprint density at radius 2 is 1.62 bits per heavy atom. The van der Waals surface area contributed by atoms with Crippen molar-refractivity contribution in [2.24, 2.45) is 0 Å². The summed E-state index contributed by atoms with van der Waals surface area (Å²) in [6, 6.07) is 8.52. The van der Waals surface area contributed by atoms with Gasteiger partial charge in [-0.3, -0.25) is 9.59 Å². The summed E-state index contributed by atoms with van der Waals surface area (Å²) < 4.78 is 0. The van der Waals surface area contributed by atoms with Gasteiger partial charge in [0.05, 0.1) is 11.1 Å². The van der Waals surface area contributed by atoms with Crippen LogP contribution in [0, 0.1) is 0 Å². The summed E-state index contributed by atoms with van der Waals surface area (Å²) >= 11 is 0. The van der Waals surface area contributed by atoms with E-state index >= 15 is 0 Å². The van der Waals surface area contributed by atoms with Crippen LogP contribution in [0.15, 0.2) is 30.3 Å². The van der Waals surface area contributed by atoms with E-state index in [2.05, 4.69) is 0 Å². The molecule has 4 heteroatoms. The fraction of sp³-hybridized carbons (Fsp3) is 0.200. The number of fused-ring (bicyclic) bond motifs is 4. The zero-order valence-corrected chi connectivity index (χ0v) is 12.8. The van der Waals surface area contributed by atoms with Gasteiger partial charge in [0.15, 0.2) is 11.6 Å². The van der Waals surface area contributed by atoms with Crippen LogP contribution in [0.4, 0.5) is 0 Å². The van der Waals surface area contributed by atoms with Crippen LogP contribution in [0.3, 0.4) is 0 Å². The fourth-order valence-electron chi connectivity index (χ4n) is 4.54. The molecule has 0 radical (unpaired) electrons. The highest BCUT2D eigenvalue weighted by Crippen LogP contribution is 2.57. The van der Waals surface area contributed by atoms with Gasteiger partial charge in [-0.2, -0.15) is 0 Å². The van der Waals surface area contributed by atoms with Crippen LogP contribution in [0.1, 0.15) is 62.6 Å². The zero-order valence-electron chi connectivity index (χ0n) is 12.8. The van der Waals surface area contributed by atoms with Crippen molar-refractivity contribution >= 4 is 22.7 Å². The van der Waals surface area contributed by atoms with Crippen LogP contribution >= 0.6 is 0 Å². The number of carbonyl (C=O) groups excluding carboxylic acids is 2. The molecule has 2 aromatic rings. The number of benzene rings is 2. The lowest BCUT2D eigenvalue weighted by Gasteiger charge is -2.25.